The van der Waals surface area contributed by atoms with Gasteiger partial charge in [-0.2, -0.15) is 0 Å². The zero-order chi connectivity index (χ0) is 11.7. The van der Waals surface area contributed by atoms with E-state index in [-0.39, 0.29) is 0 Å². The molecule has 0 bridgehead atoms. The average Bonchev–Trinajstić information content (AvgIpc) is 3.02. The molecule has 1 aromatic carbocycles. The first kappa shape index (κ1) is 11.6. The molecule has 0 amide bonds. The first-order chi connectivity index (χ1) is 8.36. The van der Waals surface area contributed by atoms with Gasteiger partial charge in [0.2, 0.25) is 0 Å². The topological polar surface area (TPSA) is 0 Å². The standard InChI is InChI=1S/C16H21Cl/c17-16-14(12-6-1-2-7-12)10-5-11-15(16)13-8-3-4-9-13/h5,10-13H,1-4,6-9H2. The number of rotatable bonds is 2. The molecule has 2 fully saturated rings. The molecule has 0 radical (unpaired) electrons. The smallest absolute Gasteiger partial charge is 0.0475 e. The monoisotopic (exact) mass is 248 g/mol. The lowest BCUT2D eigenvalue weighted by atomic mass is 9.90. The number of hydrogen-bond acceptors (Lipinski definition) is 0. The van der Waals surface area contributed by atoms with Crippen molar-refractivity contribution in [1.82, 2.24) is 0 Å². The van der Waals surface area contributed by atoms with Gasteiger partial charge in [0.1, 0.15) is 0 Å². The summed E-state index contributed by atoms with van der Waals surface area (Å²) in [4.78, 5) is 0. The summed E-state index contributed by atoms with van der Waals surface area (Å²) in [7, 11) is 0. The minimum Gasteiger partial charge on any atom is -0.0837 e. The Morgan fingerprint density at radius 3 is 1.59 bits per heavy atom. The Kier molecular flexibility index (Phi) is 3.42. The van der Waals surface area contributed by atoms with Crippen molar-refractivity contribution in [3.05, 3.63) is 34.3 Å². The highest BCUT2D eigenvalue weighted by Gasteiger charge is 2.24. The van der Waals surface area contributed by atoms with Crippen LogP contribution in [-0.2, 0) is 0 Å². The van der Waals surface area contributed by atoms with Crippen LogP contribution in [0.15, 0.2) is 18.2 Å². The van der Waals surface area contributed by atoms with Crippen LogP contribution in [0.4, 0.5) is 0 Å². The number of benzene rings is 1. The Hall–Kier alpha value is -0.490. The minimum atomic E-state index is 0.740. The van der Waals surface area contributed by atoms with Gasteiger partial charge in [0.25, 0.3) is 0 Å². The second-order valence-corrected chi connectivity index (χ2v) is 6.09. The van der Waals surface area contributed by atoms with Gasteiger partial charge in [-0.05, 0) is 48.6 Å². The van der Waals surface area contributed by atoms with Gasteiger partial charge in [-0.15, -0.1) is 0 Å². The fourth-order valence-corrected chi connectivity index (χ4v) is 4.11. The Balaban J connectivity index is 1.91. The Labute approximate surface area is 109 Å². The highest BCUT2D eigenvalue weighted by Crippen LogP contribution is 2.43. The van der Waals surface area contributed by atoms with Crippen molar-refractivity contribution >= 4 is 11.6 Å². The summed E-state index contributed by atoms with van der Waals surface area (Å²) >= 11 is 6.67. The van der Waals surface area contributed by atoms with Crippen LogP contribution in [0.3, 0.4) is 0 Å². The molecule has 0 unspecified atom stereocenters. The van der Waals surface area contributed by atoms with Gasteiger partial charge < -0.3 is 0 Å². The molecule has 0 aliphatic heterocycles. The van der Waals surface area contributed by atoms with E-state index in [9.17, 15) is 0 Å². The molecule has 3 rings (SSSR count). The van der Waals surface area contributed by atoms with Crippen LogP contribution in [0.2, 0.25) is 5.02 Å². The van der Waals surface area contributed by atoms with E-state index in [1.807, 2.05) is 0 Å². The predicted molar refractivity (Wildman–Crippen MR) is 73.9 cm³/mol. The molecular weight excluding hydrogens is 228 g/mol. The van der Waals surface area contributed by atoms with Crippen molar-refractivity contribution in [2.45, 2.75) is 63.2 Å². The highest BCUT2D eigenvalue weighted by molar-refractivity contribution is 6.32. The zero-order valence-corrected chi connectivity index (χ0v) is 11.2. The molecule has 92 valence electrons. The van der Waals surface area contributed by atoms with Crippen molar-refractivity contribution in [3.63, 3.8) is 0 Å². The fraction of sp³-hybridized carbons (Fsp3) is 0.625. The zero-order valence-electron chi connectivity index (χ0n) is 10.4. The van der Waals surface area contributed by atoms with E-state index in [1.54, 1.807) is 0 Å². The molecule has 0 aromatic heterocycles. The maximum Gasteiger partial charge on any atom is 0.0475 e. The van der Waals surface area contributed by atoms with Crippen molar-refractivity contribution < 1.29 is 0 Å². The fourth-order valence-electron chi connectivity index (χ4n) is 3.67. The molecule has 0 saturated heterocycles. The molecule has 0 nitrogen and oxygen atoms in total. The first-order valence-corrected chi connectivity index (χ1v) is 7.52. The van der Waals surface area contributed by atoms with Gasteiger partial charge in [0.15, 0.2) is 0 Å². The molecule has 1 aromatic rings. The van der Waals surface area contributed by atoms with E-state index < -0.39 is 0 Å². The van der Waals surface area contributed by atoms with Crippen molar-refractivity contribution in [1.29, 1.82) is 0 Å². The molecule has 17 heavy (non-hydrogen) atoms. The van der Waals surface area contributed by atoms with Crippen molar-refractivity contribution in [3.8, 4) is 0 Å². The second-order valence-electron chi connectivity index (χ2n) is 5.71. The Morgan fingerprint density at radius 1 is 0.765 bits per heavy atom. The molecule has 0 atom stereocenters. The summed E-state index contributed by atoms with van der Waals surface area (Å²) in [5.74, 6) is 1.48. The average molecular weight is 249 g/mol. The molecule has 0 spiro atoms. The van der Waals surface area contributed by atoms with Crippen LogP contribution in [0, 0.1) is 0 Å². The maximum atomic E-state index is 6.67. The van der Waals surface area contributed by atoms with E-state index in [1.165, 1.54) is 62.5 Å². The third-order valence-electron chi connectivity index (χ3n) is 4.65. The molecular formula is C16H21Cl. The van der Waals surface area contributed by atoms with Gasteiger partial charge >= 0.3 is 0 Å². The van der Waals surface area contributed by atoms with Crippen molar-refractivity contribution in [2.75, 3.05) is 0 Å². The summed E-state index contributed by atoms with van der Waals surface area (Å²) in [6.07, 6.45) is 10.9. The van der Waals surface area contributed by atoms with E-state index in [0.29, 0.717) is 0 Å². The van der Waals surface area contributed by atoms with Crippen LogP contribution in [0.1, 0.15) is 74.3 Å². The van der Waals surface area contributed by atoms with E-state index in [4.69, 9.17) is 11.6 Å². The largest absolute Gasteiger partial charge is 0.0837 e. The Bertz CT molecular complexity index is 350. The van der Waals surface area contributed by atoms with Crippen LogP contribution < -0.4 is 0 Å². The normalized spacial score (nSPS) is 22.4. The predicted octanol–water partition coefficient (Wildman–Crippen LogP) is 5.66. The summed E-state index contributed by atoms with van der Waals surface area (Å²) < 4.78 is 0. The number of halogens is 1. The quantitative estimate of drug-likeness (QED) is 0.634. The summed E-state index contributed by atoms with van der Waals surface area (Å²) in [5.41, 5.74) is 2.88. The molecule has 2 aliphatic rings. The minimum absolute atomic E-state index is 0.740. The molecule has 2 saturated carbocycles. The van der Waals surface area contributed by atoms with E-state index in [2.05, 4.69) is 18.2 Å². The van der Waals surface area contributed by atoms with Gasteiger partial charge in [-0.1, -0.05) is 55.5 Å². The third-order valence-corrected chi connectivity index (χ3v) is 5.08. The molecule has 2 aliphatic carbocycles. The molecule has 0 heterocycles. The second kappa shape index (κ2) is 5.02. The van der Waals surface area contributed by atoms with Gasteiger partial charge in [-0.25, -0.2) is 0 Å². The summed E-state index contributed by atoms with van der Waals surface area (Å²) in [6, 6.07) is 6.75. The Morgan fingerprint density at radius 2 is 1.18 bits per heavy atom. The van der Waals surface area contributed by atoms with Crippen LogP contribution in [0.5, 0.6) is 0 Å². The van der Waals surface area contributed by atoms with Crippen LogP contribution in [0.25, 0.3) is 0 Å². The van der Waals surface area contributed by atoms with Crippen LogP contribution >= 0.6 is 11.6 Å². The van der Waals surface area contributed by atoms with Gasteiger partial charge in [-0.3, -0.25) is 0 Å². The molecule has 0 N–H and O–H groups in total. The third kappa shape index (κ3) is 2.25. The lowest BCUT2D eigenvalue weighted by Gasteiger charge is -2.18. The maximum absolute atomic E-state index is 6.67. The lowest BCUT2D eigenvalue weighted by Crippen LogP contribution is -1.99. The van der Waals surface area contributed by atoms with E-state index >= 15 is 0 Å². The van der Waals surface area contributed by atoms with Gasteiger partial charge in [0.05, 0.1) is 0 Å². The first-order valence-electron chi connectivity index (χ1n) is 7.14. The highest BCUT2D eigenvalue weighted by atomic mass is 35.5. The SMILES string of the molecule is Clc1c(C2CCCC2)cccc1C1CCCC1. The molecule has 1 heteroatoms. The lowest BCUT2D eigenvalue weighted by molar-refractivity contribution is 0.701. The summed E-state index contributed by atoms with van der Waals surface area (Å²) in [5, 5.41) is 1.10. The number of hydrogen-bond donors (Lipinski definition) is 0. The van der Waals surface area contributed by atoms with Crippen molar-refractivity contribution in [2.24, 2.45) is 0 Å². The van der Waals surface area contributed by atoms with Gasteiger partial charge in [0, 0.05) is 5.02 Å². The summed E-state index contributed by atoms with van der Waals surface area (Å²) in [6.45, 7) is 0. The van der Waals surface area contributed by atoms with Crippen LogP contribution in [-0.4, -0.2) is 0 Å². The van der Waals surface area contributed by atoms with E-state index in [0.717, 1.165) is 16.9 Å².